The van der Waals surface area contributed by atoms with Gasteiger partial charge in [-0.3, -0.25) is 9.10 Å². The second-order valence-corrected chi connectivity index (χ2v) is 8.52. The van der Waals surface area contributed by atoms with Gasteiger partial charge in [-0.25, -0.2) is 8.42 Å². The van der Waals surface area contributed by atoms with Crippen molar-refractivity contribution in [2.75, 3.05) is 23.7 Å². The number of nitrogens with one attached hydrogen (secondary N) is 1. The summed E-state index contributed by atoms with van der Waals surface area (Å²) >= 11 is 0. The molecule has 1 aliphatic carbocycles. The number of aryl methyl sites for hydroxylation is 1. The maximum Gasteiger partial charge on any atom is 0.232 e. The molecule has 0 radical (unpaired) electrons. The summed E-state index contributed by atoms with van der Waals surface area (Å²) in [6.07, 6.45) is 8.83. The van der Waals surface area contributed by atoms with E-state index in [4.69, 9.17) is 0 Å². The molecule has 1 amide bonds. The van der Waals surface area contributed by atoms with Crippen LogP contribution in [0, 0.1) is 6.92 Å². The summed E-state index contributed by atoms with van der Waals surface area (Å²) in [4.78, 5) is 12.0. The van der Waals surface area contributed by atoms with Crippen LogP contribution in [0.2, 0.25) is 0 Å². The lowest BCUT2D eigenvalue weighted by molar-refractivity contribution is -0.120. The van der Waals surface area contributed by atoms with E-state index in [0.29, 0.717) is 31.6 Å². The summed E-state index contributed by atoms with van der Waals surface area (Å²) in [7, 11) is -3.38. The van der Waals surface area contributed by atoms with Crippen molar-refractivity contribution < 1.29 is 13.2 Å². The average molecular weight is 365 g/mol. The molecule has 0 fully saturated rings. The van der Waals surface area contributed by atoms with Crippen LogP contribution < -0.4 is 9.62 Å². The Morgan fingerprint density at radius 2 is 2.00 bits per heavy atom. The van der Waals surface area contributed by atoms with E-state index in [-0.39, 0.29) is 5.91 Å². The summed E-state index contributed by atoms with van der Waals surface area (Å²) in [6, 6.07) is 7.39. The summed E-state index contributed by atoms with van der Waals surface area (Å²) in [5.41, 5.74) is 2.89. The lowest BCUT2D eigenvalue weighted by Gasteiger charge is -2.24. The number of sulfonamides is 1. The van der Waals surface area contributed by atoms with Gasteiger partial charge in [0, 0.05) is 19.5 Å². The molecule has 1 aromatic rings. The summed E-state index contributed by atoms with van der Waals surface area (Å²) < 4.78 is 25.6. The lowest BCUT2D eigenvalue weighted by Crippen LogP contribution is -2.33. The van der Waals surface area contributed by atoms with Crippen LogP contribution in [0.3, 0.4) is 0 Å². The highest BCUT2D eigenvalue weighted by atomic mass is 32.2. The van der Waals surface area contributed by atoms with Gasteiger partial charge in [0.05, 0.1) is 11.9 Å². The third kappa shape index (κ3) is 6.20. The molecule has 1 aromatic carbocycles. The topological polar surface area (TPSA) is 66.5 Å². The zero-order chi connectivity index (χ0) is 18.3. The third-order valence-electron chi connectivity index (χ3n) is 4.45. The van der Waals surface area contributed by atoms with Gasteiger partial charge >= 0.3 is 0 Å². The first-order valence-corrected chi connectivity index (χ1v) is 10.7. The molecular weight excluding hydrogens is 336 g/mol. The Balaban J connectivity index is 1.86. The number of benzene rings is 1. The van der Waals surface area contributed by atoms with E-state index in [1.54, 1.807) is 6.07 Å². The van der Waals surface area contributed by atoms with Crippen molar-refractivity contribution >= 4 is 21.6 Å². The van der Waals surface area contributed by atoms with Crippen molar-refractivity contribution in [3.63, 3.8) is 0 Å². The molecule has 0 heterocycles. The van der Waals surface area contributed by atoms with Crippen molar-refractivity contribution in [3.8, 4) is 0 Å². The number of para-hydroxylation sites is 1. The zero-order valence-corrected chi connectivity index (χ0v) is 15.9. The number of hydrogen-bond acceptors (Lipinski definition) is 3. The minimum atomic E-state index is -3.38. The van der Waals surface area contributed by atoms with E-state index in [2.05, 4.69) is 11.4 Å². The normalized spacial score (nSPS) is 14.7. The van der Waals surface area contributed by atoms with E-state index in [9.17, 15) is 13.2 Å². The van der Waals surface area contributed by atoms with E-state index >= 15 is 0 Å². The maximum absolute atomic E-state index is 12.1. The number of rotatable bonds is 8. The number of allylic oxidation sites excluding steroid dienone is 1. The van der Waals surface area contributed by atoms with Gasteiger partial charge in [-0.2, -0.15) is 0 Å². The summed E-state index contributed by atoms with van der Waals surface area (Å²) in [6.45, 7) is 2.81. The first-order valence-electron chi connectivity index (χ1n) is 8.86. The number of nitrogens with zero attached hydrogens (tertiary/aromatic N) is 1. The minimum Gasteiger partial charge on any atom is -0.352 e. The number of anilines is 1. The number of carbonyl (C=O) groups is 1. The van der Waals surface area contributed by atoms with Crippen LogP contribution in [-0.2, 0) is 14.8 Å². The largest absolute Gasteiger partial charge is 0.352 e. The zero-order valence-electron chi connectivity index (χ0n) is 15.1. The Morgan fingerprint density at radius 1 is 1.24 bits per heavy atom. The predicted octanol–water partition coefficient (Wildman–Crippen LogP) is 3.16. The molecule has 0 unspecified atom stereocenters. The molecular formula is C19H28N2O3S. The van der Waals surface area contributed by atoms with Crippen LogP contribution in [0.5, 0.6) is 0 Å². The average Bonchev–Trinajstić information content (AvgIpc) is 2.58. The third-order valence-corrected chi connectivity index (χ3v) is 5.63. The number of hydrogen-bond donors (Lipinski definition) is 1. The quantitative estimate of drug-likeness (QED) is 0.721. The van der Waals surface area contributed by atoms with Gasteiger partial charge in [-0.15, -0.1) is 0 Å². The Bertz CT molecular complexity index is 726. The Morgan fingerprint density at radius 3 is 2.64 bits per heavy atom. The van der Waals surface area contributed by atoms with Crippen LogP contribution in [0.15, 0.2) is 35.9 Å². The second kappa shape index (κ2) is 9.04. The number of amides is 1. The van der Waals surface area contributed by atoms with Gasteiger partial charge in [-0.1, -0.05) is 29.8 Å². The van der Waals surface area contributed by atoms with Crippen molar-refractivity contribution in [3.05, 3.63) is 41.5 Å². The first-order chi connectivity index (χ1) is 11.9. The number of carbonyl (C=O) groups excluding carboxylic acids is 1. The molecule has 0 aliphatic heterocycles. The van der Waals surface area contributed by atoms with Crippen molar-refractivity contribution in [2.24, 2.45) is 0 Å². The van der Waals surface area contributed by atoms with Crippen LogP contribution in [0.25, 0.3) is 0 Å². The highest BCUT2D eigenvalue weighted by molar-refractivity contribution is 7.92. The first kappa shape index (κ1) is 19.5. The van der Waals surface area contributed by atoms with Crippen molar-refractivity contribution in [1.29, 1.82) is 0 Å². The van der Waals surface area contributed by atoms with Crippen molar-refractivity contribution in [2.45, 2.75) is 45.4 Å². The van der Waals surface area contributed by atoms with E-state index in [1.807, 2.05) is 25.1 Å². The predicted molar refractivity (Wildman–Crippen MR) is 102 cm³/mol. The fourth-order valence-corrected chi connectivity index (χ4v) is 4.08. The molecule has 0 bridgehead atoms. The molecule has 0 aromatic heterocycles. The van der Waals surface area contributed by atoms with Crippen LogP contribution in [0.1, 0.15) is 44.1 Å². The monoisotopic (exact) mass is 364 g/mol. The molecule has 0 saturated heterocycles. The van der Waals surface area contributed by atoms with E-state index in [0.717, 1.165) is 18.4 Å². The molecule has 1 aliphatic rings. The minimum absolute atomic E-state index is 0.0234. The highest BCUT2D eigenvalue weighted by Crippen LogP contribution is 2.22. The fraction of sp³-hybridized carbons (Fsp3) is 0.526. The molecule has 25 heavy (non-hydrogen) atoms. The molecule has 2 rings (SSSR count). The summed E-state index contributed by atoms with van der Waals surface area (Å²) in [5, 5.41) is 2.94. The van der Waals surface area contributed by atoms with Crippen LogP contribution in [-0.4, -0.2) is 33.7 Å². The summed E-state index contributed by atoms with van der Waals surface area (Å²) in [5.74, 6) is -0.0234. The highest BCUT2D eigenvalue weighted by Gasteiger charge is 2.19. The SMILES string of the molecule is Cc1ccccc1N(CCCC(=O)NCC1=CCCCC1)S(C)(=O)=O. The fourth-order valence-electron chi connectivity index (χ4n) is 3.06. The smallest absolute Gasteiger partial charge is 0.232 e. The lowest BCUT2D eigenvalue weighted by atomic mass is 10.00. The van der Waals surface area contributed by atoms with Crippen LogP contribution >= 0.6 is 0 Å². The molecule has 138 valence electrons. The van der Waals surface area contributed by atoms with E-state index < -0.39 is 10.0 Å². The second-order valence-electron chi connectivity index (χ2n) is 6.61. The Kier molecular flexibility index (Phi) is 7.05. The molecule has 0 spiro atoms. The van der Waals surface area contributed by atoms with Gasteiger partial charge < -0.3 is 5.32 Å². The Hall–Kier alpha value is -1.82. The molecule has 5 nitrogen and oxygen atoms in total. The van der Waals surface area contributed by atoms with Crippen LogP contribution in [0.4, 0.5) is 5.69 Å². The molecule has 6 heteroatoms. The van der Waals surface area contributed by atoms with Gasteiger partial charge in [0.1, 0.15) is 0 Å². The van der Waals surface area contributed by atoms with Gasteiger partial charge in [-0.05, 0) is 50.7 Å². The van der Waals surface area contributed by atoms with Crippen molar-refractivity contribution in [1.82, 2.24) is 5.32 Å². The molecule has 1 N–H and O–H groups in total. The van der Waals surface area contributed by atoms with Gasteiger partial charge in [0.25, 0.3) is 0 Å². The maximum atomic E-state index is 12.1. The standard InChI is InChI=1S/C19H28N2O3S/c1-16-9-6-7-12-18(16)21(25(2,23)24)14-8-13-19(22)20-15-17-10-4-3-5-11-17/h6-7,9-10,12H,3-5,8,11,13-15H2,1-2H3,(H,20,22). The molecule has 0 atom stereocenters. The van der Waals surface area contributed by atoms with Gasteiger partial charge in [0.15, 0.2) is 0 Å². The van der Waals surface area contributed by atoms with E-state index in [1.165, 1.54) is 29.0 Å². The molecule has 0 saturated carbocycles. The van der Waals surface area contributed by atoms with Gasteiger partial charge in [0.2, 0.25) is 15.9 Å². The Labute approximate surface area is 151 Å².